The van der Waals surface area contributed by atoms with Crippen molar-refractivity contribution in [3.8, 4) is 11.6 Å². The van der Waals surface area contributed by atoms with Crippen LogP contribution in [0, 0.1) is 13.8 Å². The van der Waals surface area contributed by atoms with E-state index in [2.05, 4.69) is 20.0 Å². The lowest BCUT2D eigenvalue weighted by Crippen LogP contribution is -2.21. The van der Waals surface area contributed by atoms with Gasteiger partial charge >= 0.3 is 0 Å². The molecular formula is C20H20N4O4S. The molecule has 150 valence electrons. The number of carbonyl (C=O) groups excluding carboxylic acids is 1. The summed E-state index contributed by atoms with van der Waals surface area (Å²) in [7, 11) is -2.35. The molecule has 3 rings (SSSR count). The van der Waals surface area contributed by atoms with Crippen LogP contribution < -0.4 is 14.8 Å². The summed E-state index contributed by atoms with van der Waals surface area (Å²) in [6.07, 6.45) is 4.52. The Morgan fingerprint density at radius 2 is 1.90 bits per heavy atom. The second-order valence-electron chi connectivity index (χ2n) is 6.25. The SMILES string of the molecule is CNS(=O)(=O)c1cc(C(=O)Nc2cccc(Oc3cnccn3)c2)cc(C)c1C. The molecule has 0 radical (unpaired) electrons. The molecule has 0 atom stereocenters. The van der Waals surface area contributed by atoms with Gasteiger partial charge in [-0.15, -0.1) is 0 Å². The molecular weight excluding hydrogens is 392 g/mol. The first-order valence-electron chi connectivity index (χ1n) is 8.70. The fourth-order valence-corrected chi connectivity index (χ4v) is 3.71. The van der Waals surface area contributed by atoms with Crippen molar-refractivity contribution in [2.45, 2.75) is 18.7 Å². The van der Waals surface area contributed by atoms with Gasteiger partial charge in [0.2, 0.25) is 15.9 Å². The van der Waals surface area contributed by atoms with Gasteiger partial charge in [0.1, 0.15) is 5.75 Å². The lowest BCUT2D eigenvalue weighted by molar-refractivity contribution is 0.102. The van der Waals surface area contributed by atoms with Crippen LogP contribution in [0.25, 0.3) is 0 Å². The molecule has 1 heterocycles. The Labute approximate surface area is 169 Å². The van der Waals surface area contributed by atoms with Gasteiger partial charge < -0.3 is 10.1 Å². The number of aromatic nitrogens is 2. The van der Waals surface area contributed by atoms with Crippen LogP contribution >= 0.6 is 0 Å². The molecule has 1 aromatic heterocycles. The predicted molar refractivity (Wildman–Crippen MR) is 109 cm³/mol. The number of hydrogen-bond donors (Lipinski definition) is 2. The minimum Gasteiger partial charge on any atom is -0.437 e. The molecule has 0 spiro atoms. The number of carbonyl (C=O) groups is 1. The van der Waals surface area contributed by atoms with E-state index in [-0.39, 0.29) is 10.5 Å². The van der Waals surface area contributed by atoms with E-state index in [0.717, 1.165) is 0 Å². The van der Waals surface area contributed by atoms with Crippen LogP contribution in [0.3, 0.4) is 0 Å². The number of benzene rings is 2. The molecule has 0 unspecified atom stereocenters. The normalized spacial score (nSPS) is 11.1. The number of rotatable bonds is 6. The maximum atomic E-state index is 12.7. The molecule has 2 aromatic carbocycles. The zero-order chi connectivity index (χ0) is 21.0. The van der Waals surface area contributed by atoms with Crippen molar-refractivity contribution in [1.29, 1.82) is 0 Å². The summed E-state index contributed by atoms with van der Waals surface area (Å²) in [5.41, 5.74) is 2.02. The highest BCUT2D eigenvalue weighted by atomic mass is 32.2. The predicted octanol–water partition coefficient (Wildman–Crippen LogP) is 3.05. The number of ether oxygens (including phenoxy) is 1. The van der Waals surface area contributed by atoms with E-state index < -0.39 is 15.9 Å². The van der Waals surface area contributed by atoms with Gasteiger partial charge in [0, 0.05) is 29.7 Å². The molecule has 8 nitrogen and oxygen atoms in total. The van der Waals surface area contributed by atoms with Gasteiger partial charge in [-0.1, -0.05) is 6.07 Å². The molecule has 0 bridgehead atoms. The van der Waals surface area contributed by atoms with Gasteiger partial charge in [-0.05, 0) is 56.3 Å². The van der Waals surface area contributed by atoms with E-state index >= 15 is 0 Å². The van der Waals surface area contributed by atoms with Crippen LogP contribution in [0.15, 0.2) is 59.9 Å². The molecule has 0 aliphatic heterocycles. The van der Waals surface area contributed by atoms with Crippen molar-refractivity contribution in [2.75, 3.05) is 12.4 Å². The van der Waals surface area contributed by atoms with Crippen molar-refractivity contribution in [2.24, 2.45) is 0 Å². The van der Waals surface area contributed by atoms with Gasteiger partial charge in [0.15, 0.2) is 0 Å². The summed E-state index contributed by atoms with van der Waals surface area (Å²) in [5.74, 6) is 0.367. The molecule has 0 saturated carbocycles. The topological polar surface area (TPSA) is 110 Å². The average molecular weight is 412 g/mol. The molecule has 9 heteroatoms. The summed E-state index contributed by atoms with van der Waals surface area (Å²) in [6, 6.07) is 9.80. The average Bonchev–Trinajstić information content (AvgIpc) is 2.70. The van der Waals surface area contributed by atoms with E-state index in [9.17, 15) is 13.2 Å². The fourth-order valence-electron chi connectivity index (χ4n) is 2.65. The van der Waals surface area contributed by atoms with E-state index in [1.165, 1.54) is 31.7 Å². The molecule has 29 heavy (non-hydrogen) atoms. The number of amides is 1. The fraction of sp³-hybridized carbons (Fsp3) is 0.150. The summed E-state index contributed by atoms with van der Waals surface area (Å²) >= 11 is 0. The maximum absolute atomic E-state index is 12.7. The molecule has 0 fully saturated rings. The molecule has 0 aliphatic carbocycles. The number of sulfonamides is 1. The summed E-state index contributed by atoms with van der Waals surface area (Å²) in [4.78, 5) is 20.8. The van der Waals surface area contributed by atoms with Crippen molar-refractivity contribution >= 4 is 21.6 Å². The molecule has 2 N–H and O–H groups in total. The zero-order valence-electron chi connectivity index (χ0n) is 16.1. The van der Waals surface area contributed by atoms with Crippen molar-refractivity contribution in [1.82, 2.24) is 14.7 Å². The number of nitrogens with zero attached hydrogens (tertiary/aromatic N) is 2. The number of anilines is 1. The Morgan fingerprint density at radius 3 is 2.59 bits per heavy atom. The van der Waals surface area contributed by atoms with Gasteiger partial charge in [-0.2, -0.15) is 0 Å². The standard InChI is InChI=1S/C20H20N4O4S/c1-13-9-15(10-18(14(13)2)29(26,27)21-3)20(25)24-16-5-4-6-17(11-16)28-19-12-22-7-8-23-19/h4-12,21H,1-3H3,(H,24,25). The smallest absolute Gasteiger partial charge is 0.255 e. The zero-order valence-corrected chi connectivity index (χ0v) is 16.9. The van der Waals surface area contributed by atoms with Gasteiger partial charge in [0.05, 0.1) is 11.1 Å². The van der Waals surface area contributed by atoms with E-state index in [1.807, 2.05) is 0 Å². The maximum Gasteiger partial charge on any atom is 0.255 e. The molecule has 3 aromatic rings. The third kappa shape index (κ3) is 4.76. The van der Waals surface area contributed by atoms with Gasteiger partial charge in [0.25, 0.3) is 5.91 Å². The van der Waals surface area contributed by atoms with Crippen LogP contribution in [-0.2, 0) is 10.0 Å². The number of hydrogen-bond acceptors (Lipinski definition) is 6. The van der Waals surface area contributed by atoms with Crippen LogP contribution in [0.4, 0.5) is 5.69 Å². The van der Waals surface area contributed by atoms with E-state index in [0.29, 0.717) is 28.4 Å². The largest absolute Gasteiger partial charge is 0.437 e. The first kappa shape index (κ1) is 20.4. The van der Waals surface area contributed by atoms with Gasteiger partial charge in [-0.25, -0.2) is 18.1 Å². The highest BCUT2D eigenvalue weighted by Crippen LogP contribution is 2.24. The minimum atomic E-state index is -3.68. The third-order valence-electron chi connectivity index (χ3n) is 4.29. The molecule has 0 aliphatic rings. The lowest BCUT2D eigenvalue weighted by Gasteiger charge is -2.13. The Morgan fingerprint density at radius 1 is 1.10 bits per heavy atom. The van der Waals surface area contributed by atoms with Crippen molar-refractivity contribution in [3.05, 3.63) is 71.7 Å². The third-order valence-corrected chi connectivity index (χ3v) is 5.83. The Bertz CT molecular complexity index is 1150. The monoisotopic (exact) mass is 412 g/mol. The highest BCUT2D eigenvalue weighted by Gasteiger charge is 2.19. The minimum absolute atomic E-state index is 0.0740. The second kappa shape index (κ2) is 8.38. The Kier molecular flexibility index (Phi) is 5.90. The van der Waals surface area contributed by atoms with Crippen LogP contribution in [0.2, 0.25) is 0 Å². The van der Waals surface area contributed by atoms with Crippen molar-refractivity contribution < 1.29 is 17.9 Å². The lowest BCUT2D eigenvalue weighted by atomic mass is 10.1. The van der Waals surface area contributed by atoms with E-state index in [1.54, 1.807) is 44.2 Å². The highest BCUT2D eigenvalue weighted by molar-refractivity contribution is 7.89. The Balaban J connectivity index is 1.85. The second-order valence-corrected chi connectivity index (χ2v) is 8.11. The van der Waals surface area contributed by atoms with Gasteiger partial charge in [-0.3, -0.25) is 9.78 Å². The summed E-state index contributed by atoms with van der Waals surface area (Å²) < 4.78 is 32.4. The van der Waals surface area contributed by atoms with Crippen molar-refractivity contribution in [3.63, 3.8) is 0 Å². The summed E-state index contributed by atoms with van der Waals surface area (Å²) in [6.45, 7) is 3.46. The Hall–Kier alpha value is -3.30. The van der Waals surface area contributed by atoms with Crippen LogP contribution in [0.5, 0.6) is 11.6 Å². The first-order valence-corrected chi connectivity index (χ1v) is 10.2. The van der Waals surface area contributed by atoms with Crippen LogP contribution in [-0.4, -0.2) is 31.3 Å². The number of aryl methyl sites for hydroxylation is 1. The van der Waals surface area contributed by atoms with Crippen LogP contribution in [0.1, 0.15) is 21.5 Å². The quantitative estimate of drug-likeness (QED) is 0.644. The molecule has 0 saturated heterocycles. The molecule has 1 amide bonds. The van der Waals surface area contributed by atoms with E-state index in [4.69, 9.17) is 4.74 Å². The number of nitrogens with one attached hydrogen (secondary N) is 2. The first-order chi connectivity index (χ1) is 13.8. The summed E-state index contributed by atoms with van der Waals surface area (Å²) in [5, 5.41) is 2.76.